The van der Waals surface area contributed by atoms with Crippen LogP contribution in [0.1, 0.15) is 6.42 Å². The van der Waals surface area contributed by atoms with Gasteiger partial charge in [0, 0.05) is 6.54 Å². The molecule has 3 N–H and O–H groups in total. The maximum Gasteiger partial charge on any atom is 0.246 e. The molecule has 1 atom stereocenters. The summed E-state index contributed by atoms with van der Waals surface area (Å²) in [5.41, 5.74) is 7.38. The van der Waals surface area contributed by atoms with Crippen molar-refractivity contribution >= 4 is 5.91 Å². The minimum absolute atomic E-state index is 0.0829. The second kappa shape index (κ2) is 2.11. The molecule has 1 rings (SSSR count). The molecule has 1 heterocycles. The van der Waals surface area contributed by atoms with Gasteiger partial charge in [0.1, 0.15) is 6.10 Å². The Labute approximate surface area is 46.9 Å². The van der Waals surface area contributed by atoms with Gasteiger partial charge in [-0.05, 0) is 0 Å². The van der Waals surface area contributed by atoms with E-state index >= 15 is 0 Å². The summed E-state index contributed by atoms with van der Waals surface area (Å²) in [4.78, 5) is 15.0. The molecule has 0 bridgehead atoms. The second-order valence-corrected chi connectivity index (χ2v) is 1.70. The molecule has 46 valence electrons. The van der Waals surface area contributed by atoms with Gasteiger partial charge in [0.25, 0.3) is 0 Å². The number of nitrogens with one attached hydrogen (secondary N) is 1. The average Bonchev–Trinajstić information content (AvgIpc) is 2.14. The highest BCUT2D eigenvalue weighted by Gasteiger charge is 2.20. The van der Waals surface area contributed by atoms with Crippen LogP contribution in [0.5, 0.6) is 0 Å². The lowest BCUT2D eigenvalue weighted by atomic mass is 10.3. The molecule has 0 aromatic heterocycles. The molecule has 0 spiro atoms. The first-order valence-electron chi connectivity index (χ1n) is 2.47. The van der Waals surface area contributed by atoms with E-state index in [1.54, 1.807) is 0 Å². The minimum Gasteiger partial charge on any atom is -0.328 e. The van der Waals surface area contributed by atoms with Gasteiger partial charge in [-0.2, -0.15) is 0 Å². The number of hydroxylamine groups is 1. The van der Waals surface area contributed by atoms with Crippen LogP contribution >= 0.6 is 0 Å². The summed E-state index contributed by atoms with van der Waals surface area (Å²) < 4.78 is 0. The Bertz CT molecular complexity index is 104. The summed E-state index contributed by atoms with van der Waals surface area (Å²) in [5.74, 6) is -0.0829. The zero-order valence-corrected chi connectivity index (χ0v) is 4.39. The molecule has 4 nitrogen and oxygen atoms in total. The van der Waals surface area contributed by atoms with Gasteiger partial charge in [-0.15, -0.1) is 0 Å². The normalized spacial score (nSPS) is 28.1. The highest BCUT2D eigenvalue weighted by atomic mass is 16.7. The topological polar surface area (TPSA) is 64.4 Å². The van der Waals surface area contributed by atoms with Gasteiger partial charge in [0.2, 0.25) is 5.91 Å². The first kappa shape index (κ1) is 5.53. The second-order valence-electron chi connectivity index (χ2n) is 1.70. The van der Waals surface area contributed by atoms with Crippen molar-refractivity contribution in [3.8, 4) is 0 Å². The van der Waals surface area contributed by atoms with E-state index in [1.807, 2.05) is 0 Å². The molecule has 0 aromatic rings. The van der Waals surface area contributed by atoms with Gasteiger partial charge >= 0.3 is 0 Å². The molecule has 0 saturated carbocycles. The Balaban J connectivity index is 2.32. The van der Waals surface area contributed by atoms with Crippen molar-refractivity contribution in [3.63, 3.8) is 0 Å². The zero-order chi connectivity index (χ0) is 5.98. The summed E-state index contributed by atoms with van der Waals surface area (Å²) in [5, 5.41) is 0. The molecule has 0 unspecified atom stereocenters. The predicted molar refractivity (Wildman–Crippen MR) is 26.7 cm³/mol. The monoisotopic (exact) mass is 116 g/mol. The SMILES string of the molecule is NC[C@@H]1CC(=O)NO1. The maximum atomic E-state index is 10.3. The van der Waals surface area contributed by atoms with E-state index < -0.39 is 0 Å². The standard InChI is InChI=1S/C4H8N2O2/c5-2-3-1-4(7)6-8-3/h3H,1-2,5H2,(H,6,7)/t3-/m0/s1. The van der Waals surface area contributed by atoms with Crippen molar-refractivity contribution in [2.75, 3.05) is 6.54 Å². The molecule has 8 heavy (non-hydrogen) atoms. The van der Waals surface area contributed by atoms with Gasteiger partial charge in [-0.3, -0.25) is 9.63 Å². The Kier molecular flexibility index (Phi) is 1.45. The Hall–Kier alpha value is -0.610. The van der Waals surface area contributed by atoms with Crippen molar-refractivity contribution in [2.45, 2.75) is 12.5 Å². The Morgan fingerprint density at radius 3 is 3.00 bits per heavy atom. The summed E-state index contributed by atoms with van der Waals surface area (Å²) in [6.45, 7) is 0.402. The van der Waals surface area contributed by atoms with Gasteiger partial charge in [-0.25, -0.2) is 5.48 Å². The molecule has 1 saturated heterocycles. The van der Waals surface area contributed by atoms with Crippen LogP contribution in [0.15, 0.2) is 0 Å². The highest BCUT2D eigenvalue weighted by Crippen LogP contribution is 2.00. The molecule has 0 radical (unpaired) electrons. The van der Waals surface area contributed by atoms with E-state index in [2.05, 4.69) is 10.3 Å². The molecule has 1 amide bonds. The summed E-state index contributed by atoms with van der Waals surface area (Å²) in [7, 11) is 0. The lowest BCUT2D eigenvalue weighted by Gasteiger charge is -1.98. The van der Waals surface area contributed by atoms with E-state index in [0.717, 1.165) is 0 Å². The lowest BCUT2D eigenvalue weighted by Crippen LogP contribution is -2.20. The van der Waals surface area contributed by atoms with Crippen LogP contribution in [0.3, 0.4) is 0 Å². The van der Waals surface area contributed by atoms with Gasteiger partial charge in [-0.1, -0.05) is 0 Å². The van der Waals surface area contributed by atoms with Crippen LogP contribution in [0.2, 0.25) is 0 Å². The fourth-order valence-electron chi connectivity index (χ4n) is 0.571. The number of hydrogen-bond acceptors (Lipinski definition) is 3. The molecule has 0 aromatic carbocycles. The van der Waals surface area contributed by atoms with Crippen LogP contribution in [0, 0.1) is 0 Å². The number of rotatable bonds is 1. The van der Waals surface area contributed by atoms with Crippen molar-refractivity contribution in [3.05, 3.63) is 0 Å². The summed E-state index contributed by atoms with van der Waals surface area (Å²) in [6, 6.07) is 0. The number of amides is 1. The number of carbonyl (C=O) groups is 1. The zero-order valence-electron chi connectivity index (χ0n) is 4.39. The van der Waals surface area contributed by atoms with Gasteiger partial charge < -0.3 is 5.73 Å². The van der Waals surface area contributed by atoms with Crippen molar-refractivity contribution in [2.24, 2.45) is 5.73 Å². The largest absolute Gasteiger partial charge is 0.328 e. The van der Waals surface area contributed by atoms with Crippen molar-refractivity contribution < 1.29 is 9.63 Å². The van der Waals surface area contributed by atoms with Crippen molar-refractivity contribution in [1.82, 2.24) is 5.48 Å². The Morgan fingerprint density at radius 2 is 2.75 bits per heavy atom. The maximum absolute atomic E-state index is 10.3. The fraction of sp³-hybridized carbons (Fsp3) is 0.750. The van der Waals surface area contributed by atoms with Crippen LogP contribution in [0.4, 0.5) is 0 Å². The smallest absolute Gasteiger partial charge is 0.246 e. The number of hydrogen-bond donors (Lipinski definition) is 2. The third kappa shape index (κ3) is 0.962. The third-order valence-corrected chi connectivity index (χ3v) is 1.02. The Morgan fingerprint density at radius 1 is 2.00 bits per heavy atom. The highest BCUT2D eigenvalue weighted by molar-refractivity contribution is 5.76. The van der Waals surface area contributed by atoms with Crippen molar-refractivity contribution in [1.29, 1.82) is 0 Å². The van der Waals surface area contributed by atoms with E-state index in [4.69, 9.17) is 5.73 Å². The molecule has 0 aliphatic carbocycles. The first-order chi connectivity index (χ1) is 3.83. The molecular formula is C4H8N2O2. The van der Waals surface area contributed by atoms with Gasteiger partial charge in [0.15, 0.2) is 0 Å². The molecular weight excluding hydrogens is 108 g/mol. The van der Waals surface area contributed by atoms with E-state index in [9.17, 15) is 4.79 Å². The lowest BCUT2D eigenvalue weighted by molar-refractivity contribution is -0.124. The third-order valence-electron chi connectivity index (χ3n) is 1.02. The van der Waals surface area contributed by atoms with Crippen LogP contribution in [-0.4, -0.2) is 18.6 Å². The van der Waals surface area contributed by atoms with Crippen LogP contribution < -0.4 is 11.2 Å². The molecule has 1 fully saturated rings. The van der Waals surface area contributed by atoms with E-state index in [0.29, 0.717) is 13.0 Å². The quantitative estimate of drug-likeness (QED) is 0.450. The van der Waals surface area contributed by atoms with E-state index in [-0.39, 0.29) is 12.0 Å². The van der Waals surface area contributed by atoms with Crippen LogP contribution in [-0.2, 0) is 9.63 Å². The van der Waals surface area contributed by atoms with Crippen LogP contribution in [0.25, 0.3) is 0 Å². The van der Waals surface area contributed by atoms with Gasteiger partial charge in [0.05, 0.1) is 6.42 Å². The first-order valence-corrected chi connectivity index (χ1v) is 2.47. The number of carbonyl (C=O) groups excluding carboxylic acids is 1. The average molecular weight is 116 g/mol. The molecule has 1 aliphatic rings. The summed E-state index contributed by atoms with van der Waals surface area (Å²) in [6.07, 6.45) is 0.291. The predicted octanol–water partition coefficient (Wildman–Crippen LogP) is -1.23. The molecule has 4 heteroatoms. The molecule has 1 aliphatic heterocycles. The fourth-order valence-corrected chi connectivity index (χ4v) is 0.571. The minimum atomic E-state index is -0.109. The number of nitrogens with two attached hydrogens (primary N) is 1. The summed E-state index contributed by atoms with van der Waals surface area (Å²) >= 11 is 0. The van der Waals surface area contributed by atoms with E-state index in [1.165, 1.54) is 0 Å².